The van der Waals surface area contributed by atoms with Gasteiger partial charge in [0.25, 0.3) is 0 Å². The lowest BCUT2D eigenvalue weighted by Crippen LogP contribution is -2.31. The summed E-state index contributed by atoms with van der Waals surface area (Å²) in [5, 5.41) is 1.63. The van der Waals surface area contributed by atoms with E-state index in [9.17, 15) is 0 Å². The van der Waals surface area contributed by atoms with Crippen LogP contribution in [0.2, 0.25) is 0 Å². The third-order valence-corrected chi connectivity index (χ3v) is 7.53. The third kappa shape index (κ3) is 3.73. The molecule has 0 saturated carbocycles. The molecule has 1 aromatic carbocycles. The van der Waals surface area contributed by atoms with Gasteiger partial charge in [-0.1, -0.05) is 24.8 Å². The van der Waals surface area contributed by atoms with Gasteiger partial charge in [-0.3, -0.25) is 9.98 Å². The van der Waals surface area contributed by atoms with Gasteiger partial charge in [0.1, 0.15) is 17.5 Å². The Labute approximate surface area is 188 Å². The van der Waals surface area contributed by atoms with E-state index in [1.54, 1.807) is 14.2 Å². The zero-order chi connectivity index (χ0) is 21.4. The maximum atomic E-state index is 5.96. The monoisotopic (exact) mass is 438 g/mol. The molecule has 2 fully saturated rings. The topological polar surface area (TPSA) is 50.2 Å². The van der Waals surface area contributed by atoms with Crippen LogP contribution in [-0.4, -0.2) is 54.2 Å². The Balaban J connectivity index is 1.59. The zero-order valence-electron chi connectivity index (χ0n) is 18.5. The fourth-order valence-electron chi connectivity index (χ4n) is 4.97. The number of fused-ring (bicyclic) bond motifs is 1. The lowest BCUT2D eigenvalue weighted by atomic mass is 9.94. The van der Waals surface area contributed by atoms with E-state index in [0.29, 0.717) is 5.25 Å². The standard InChI is InChI=1S/C24H30N4O2S/c1-16-15-28-23(22(26-24(28)31-16)18-9-5-6-10-25-18)17-13-21(30-3)19(14-20(17)29-2)27-11-7-4-8-12-27/h5-6,9-10,13-14,16,22-23H,4,7-8,11-12,15H2,1-3H3/t16-,22-,23-/m1/s1. The lowest BCUT2D eigenvalue weighted by Gasteiger charge is -2.33. The molecule has 0 amide bonds. The summed E-state index contributed by atoms with van der Waals surface area (Å²) >= 11 is 1.85. The number of hydrogen-bond acceptors (Lipinski definition) is 7. The SMILES string of the molecule is COc1cc(N2CCCCC2)c(OC)cc1[C@@H]1[C@@H](c2ccccn2)N=C2S[C@H](C)CN21. The molecule has 164 valence electrons. The molecule has 7 heteroatoms. The molecule has 2 aromatic rings. The van der Waals surface area contributed by atoms with Gasteiger partial charge in [-0.25, -0.2) is 0 Å². The van der Waals surface area contributed by atoms with Crippen molar-refractivity contribution in [3.8, 4) is 11.5 Å². The fourth-order valence-corrected chi connectivity index (χ4v) is 6.07. The molecule has 0 spiro atoms. The predicted molar refractivity (Wildman–Crippen MR) is 127 cm³/mol. The fraction of sp³-hybridized carbons (Fsp3) is 0.500. The minimum absolute atomic E-state index is 0.0432. The van der Waals surface area contributed by atoms with Crippen LogP contribution >= 0.6 is 11.8 Å². The Bertz CT molecular complexity index is 962. The second-order valence-electron chi connectivity index (χ2n) is 8.45. The molecular formula is C24H30N4O2S. The second kappa shape index (κ2) is 8.61. The van der Waals surface area contributed by atoms with Gasteiger partial charge in [0, 0.05) is 42.7 Å². The van der Waals surface area contributed by atoms with Gasteiger partial charge in [-0.15, -0.1) is 0 Å². The second-order valence-corrected chi connectivity index (χ2v) is 9.86. The number of aromatic nitrogens is 1. The van der Waals surface area contributed by atoms with Crippen LogP contribution in [0.5, 0.6) is 11.5 Å². The van der Waals surface area contributed by atoms with Crippen molar-refractivity contribution in [2.24, 2.45) is 4.99 Å². The smallest absolute Gasteiger partial charge is 0.160 e. The molecule has 0 radical (unpaired) electrons. The molecule has 0 aliphatic carbocycles. The number of aliphatic imine (C=N–C) groups is 1. The first-order chi connectivity index (χ1) is 15.2. The van der Waals surface area contributed by atoms with Crippen molar-refractivity contribution in [3.05, 3.63) is 47.8 Å². The molecule has 31 heavy (non-hydrogen) atoms. The third-order valence-electron chi connectivity index (χ3n) is 6.43. The molecule has 6 nitrogen and oxygen atoms in total. The number of benzene rings is 1. The van der Waals surface area contributed by atoms with Gasteiger partial charge >= 0.3 is 0 Å². The van der Waals surface area contributed by atoms with E-state index >= 15 is 0 Å². The first kappa shape index (κ1) is 20.5. The zero-order valence-corrected chi connectivity index (χ0v) is 19.3. The van der Waals surface area contributed by atoms with Crippen molar-refractivity contribution in [2.45, 2.75) is 43.5 Å². The molecule has 0 unspecified atom stereocenters. The highest BCUT2D eigenvalue weighted by Crippen LogP contribution is 2.51. The van der Waals surface area contributed by atoms with Crippen LogP contribution in [0.15, 0.2) is 41.5 Å². The summed E-state index contributed by atoms with van der Waals surface area (Å²) in [7, 11) is 3.53. The van der Waals surface area contributed by atoms with E-state index in [1.165, 1.54) is 19.3 Å². The maximum Gasteiger partial charge on any atom is 0.160 e. The quantitative estimate of drug-likeness (QED) is 0.676. The van der Waals surface area contributed by atoms with Gasteiger partial charge in [0.15, 0.2) is 5.17 Å². The van der Waals surface area contributed by atoms with Crippen LogP contribution in [0.1, 0.15) is 49.5 Å². The predicted octanol–water partition coefficient (Wildman–Crippen LogP) is 4.68. The number of methoxy groups -OCH3 is 2. The Morgan fingerprint density at radius 1 is 1.03 bits per heavy atom. The average Bonchev–Trinajstić information content (AvgIpc) is 3.35. The Morgan fingerprint density at radius 2 is 1.84 bits per heavy atom. The molecule has 0 N–H and O–H groups in total. The highest BCUT2D eigenvalue weighted by Gasteiger charge is 2.45. The Kier molecular flexibility index (Phi) is 5.69. The van der Waals surface area contributed by atoms with Crippen molar-refractivity contribution in [3.63, 3.8) is 0 Å². The molecule has 5 rings (SSSR count). The highest BCUT2D eigenvalue weighted by molar-refractivity contribution is 8.14. The average molecular weight is 439 g/mol. The largest absolute Gasteiger partial charge is 0.496 e. The number of rotatable bonds is 5. The summed E-state index contributed by atoms with van der Waals surface area (Å²) in [5.41, 5.74) is 3.23. The molecule has 0 bridgehead atoms. The minimum Gasteiger partial charge on any atom is -0.496 e. The summed E-state index contributed by atoms with van der Waals surface area (Å²) < 4.78 is 11.9. The summed E-state index contributed by atoms with van der Waals surface area (Å²) in [4.78, 5) is 14.6. The first-order valence-electron chi connectivity index (χ1n) is 11.1. The number of anilines is 1. The number of ether oxygens (including phenoxy) is 2. The van der Waals surface area contributed by atoms with Crippen LogP contribution < -0.4 is 14.4 Å². The highest BCUT2D eigenvalue weighted by atomic mass is 32.2. The number of thioether (sulfide) groups is 1. The first-order valence-corrected chi connectivity index (χ1v) is 12.0. The molecule has 1 aromatic heterocycles. The molecule has 3 aliphatic rings. The van der Waals surface area contributed by atoms with Crippen molar-refractivity contribution in [1.82, 2.24) is 9.88 Å². The summed E-state index contributed by atoms with van der Waals surface area (Å²) in [6, 6.07) is 10.4. The minimum atomic E-state index is -0.0596. The number of amidine groups is 1. The number of hydrogen-bond donors (Lipinski definition) is 0. The Morgan fingerprint density at radius 3 is 2.55 bits per heavy atom. The van der Waals surface area contributed by atoms with Gasteiger partial charge in [0.05, 0.1) is 31.6 Å². The lowest BCUT2D eigenvalue weighted by molar-refractivity contribution is 0.306. The number of piperidine rings is 1. The van der Waals surface area contributed by atoms with E-state index < -0.39 is 0 Å². The van der Waals surface area contributed by atoms with Crippen LogP contribution in [-0.2, 0) is 0 Å². The van der Waals surface area contributed by atoms with Gasteiger partial charge < -0.3 is 19.3 Å². The van der Waals surface area contributed by atoms with Crippen LogP contribution in [0.25, 0.3) is 0 Å². The maximum absolute atomic E-state index is 5.96. The molecule has 2 saturated heterocycles. The molecule has 3 aliphatic heterocycles. The van der Waals surface area contributed by atoms with Crippen molar-refractivity contribution < 1.29 is 9.47 Å². The Hall–Kier alpha value is -2.41. The molecule has 4 heterocycles. The van der Waals surface area contributed by atoms with Crippen LogP contribution in [0.3, 0.4) is 0 Å². The van der Waals surface area contributed by atoms with E-state index in [-0.39, 0.29) is 12.1 Å². The summed E-state index contributed by atoms with van der Waals surface area (Å²) in [6.07, 6.45) is 5.59. The number of nitrogens with zero attached hydrogens (tertiary/aromatic N) is 4. The van der Waals surface area contributed by atoms with Crippen LogP contribution in [0, 0.1) is 0 Å². The van der Waals surface area contributed by atoms with Crippen molar-refractivity contribution in [2.75, 3.05) is 38.8 Å². The normalized spacial score (nSPS) is 25.4. The molecule has 3 atom stereocenters. The van der Waals surface area contributed by atoms with E-state index in [1.807, 2.05) is 30.1 Å². The summed E-state index contributed by atoms with van der Waals surface area (Å²) in [6.45, 7) is 5.35. The van der Waals surface area contributed by atoms with E-state index in [4.69, 9.17) is 14.5 Å². The van der Waals surface area contributed by atoms with Crippen molar-refractivity contribution >= 4 is 22.6 Å². The summed E-state index contributed by atoms with van der Waals surface area (Å²) in [5.74, 6) is 1.80. The van der Waals surface area contributed by atoms with Gasteiger partial charge in [-0.2, -0.15) is 0 Å². The van der Waals surface area contributed by atoms with Crippen LogP contribution in [0.4, 0.5) is 5.69 Å². The van der Waals surface area contributed by atoms with Crippen molar-refractivity contribution in [1.29, 1.82) is 0 Å². The van der Waals surface area contributed by atoms with Gasteiger partial charge in [0.2, 0.25) is 0 Å². The molecular weight excluding hydrogens is 408 g/mol. The van der Waals surface area contributed by atoms with Gasteiger partial charge in [-0.05, 0) is 37.5 Å². The van der Waals surface area contributed by atoms with E-state index in [2.05, 4.69) is 39.9 Å². The van der Waals surface area contributed by atoms with E-state index in [0.717, 1.165) is 53.2 Å². The number of pyridine rings is 1.